The second-order valence-corrected chi connectivity index (χ2v) is 3.47. The number of ether oxygens (including phenoxy) is 1. The maximum atomic E-state index is 11.3. The summed E-state index contributed by atoms with van der Waals surface area (Å²) < 4.78 is 4.93. The summed E-state index contributed by atoms with van der Waals surface area (Å²) in [7, 11) is 0. The van der Waals surface area contributed by atoms with Crippen LogP contribution in [0.15, 0.2) is 12.8 Å². The summed E-state index contributed by atoms with van der Waals surface area (Å²) in [6, 6.07) is 0. The Labute approximate surface area is 84.7 Å². The predicted octanol–water partition coefficient (Wildman–Crippen LogP) is 0.262. The lowest BCUT2D eigenvalue weighted by Gasteiger charge is -2.26. The number of hydrogen-bond acceptors (Lipinski definition) is 3. The Morgan fingerprint density at radius 1 is 1.64 bits per heavy atom. The Balaban J connectivity index is 1.89. The molecular weight excluding hydrogens is 180 g/mol. The first-order valence-corrected chi connectivity index (χ1v) is 5.03. The molecule has 0 aliphatic carbocycles. The van der Waals surface area contributed by atoms with E-state index in [0.29, 0.717) is 25.5 Å². The molecule has 2 N–H and O–H groups in total. The van der Waals surface area contributed by atoms with Crippen LogP contribution in [0, 0.1) is 5.92 Å². The molecule has 1 fully saturated rings. The van der Waals surface area contributed by atoms with Gasteiger partial charge in [0.25, 0.3) is 0 Å². The van der Waals surface area contributed by atoms with Crippen LogP contribution in [-0.4, -0.2) is 32.1 Å². The van der Waals surface area contributed by atoms with Gasteiger partial charge in [-0.3, -0.25) is 4.79 Å². The van der Waals surface area contributed by atoms with Crippen molar-refractivity contribution in [1.29, 1.82) is 0 Å². The summed E-state index contributed by atoms with van der Waals surface area (Å²) in [5.74, 6) is 0.689. The van der Waals surface area contributed by atoms with E-state index in [0.717, 1.165) is 19.5 Å². The third-order valence-electron chi connectivity index (χ3n) is 2.22. The second-order valence-electron chi connectivity index (χ2n) is 3.47. The first-order chi connectivity index (χ1) is 6.83. The molecule has 1 saturated heterocycles. The van der Waals surface area contributed by atoms with Crippen LogP contribution >= 0.6 is 0 Å². The summed E-state index contributed by atoms with van der Waals surface area (Å²) in [6.45, 7) is 6.70. The van der Waals surface area contributed by atoms with Crippen molar-refractivity contribution in [3.63, 3.8) is 0 Å². The molecule has 80 valence electrons. The summed E-state index contributed by atoms with van der Waals surface area (Å²) in [6.07, 6.45) is 2.90. The average molecular weight is 198 g/mol. The third-order valence-corrected chi connectivity index (χ3v) is 2.22. The van der Waals surface area contributed by atoms with E-state index in [1.165, 1.54) is 6.26 Å². The molecule has 1 rings (SSSR count). The summed E-state index contributed by atoms with van der Waals surface area (Å²) in [5, 5.41) is 6.00. The molecule has 0 radical (unpaired) electrons. The fourth-order valence-corrected chi connectivity index (χ4v) is 1.29. The number of carbonyl (C=O) groups is 1. The van der Waals surface area contributed by atoms with E-state index >= 15 is 0 Å². The Hall–Kier alpha value is -1.03. The van der Waals surface area contributed by atoms with Gasteiger partial charge in [0.1, 0.15) is 0 Å². The van der Waals surface area contributed by atoms with Crippen molar-refractivity contribution in [3.05, 3.63) is 12.8 Å². The average Bonchev–Trinajstić information content (AvgIpc) is 2.11. The standard InChI is InChI=1S/C10H18N2O2/c1-2-14-5-3-4-12-10(13)6-9-7-11-8-9/h2,9,11H,1,3-8H2,(H,12,13). The number of rotatable bonds is 7. The second kappa shape index (κ2) is 6.43. The molecule has 1 aliphatic rings. The van der Waals surface area contributed by atoms with Crippen molar-refractivity contribution >= 4 is 5.91 Å². The van der Waals surface area contributed by atoms with Crippen molar-refractivity contribution in [2.45, 2.75) is 12.8 Å². The predicted molar refractivity (Wildman–Crippen MR) is 54.8 cm³/mol. The van der Waals surface area contributed by atoms with Crippen LogP contribution in [0.5, 0.6) is 0 Å². The smallest absolute Gasteiger partial charge is 0.220 e. The van der Waals surface area contributed by atoms with Crippen molar-refractivity contribution in [1.82, 2.24) is 10.6 Å². The van der Waals surface area contributed by atoms with Crippen LogP contribution in [0.3, 0.4) is 0 Å². The van der Waals surface area contributed by atoms with Gasteiger partial charge in [0.15, 0.2) is 0 Å². The Bertz CT molecular complexity index is 191. The Morgan fingerprint density at radius 3 is 3.00 bits per heavy atom. The maximum Gasteiger partial charge on any atom is 0.220 e. The normalized spacial score (nSPS) is 15.7. The number of nitrogens with one attached hydrogen (secondary N) is 2. The first-order valence-electron chi connectivity index (χ1n) is 5.03. The monoisotopic (exact) mass is 198 g/mol. The zero-order chi connectivity index (χ0) is 10.2. The lowest BCUT2D eigenvalue weighted by Crippen LogP contribution is -2.44. The van der Waals surface area contributed by atoms with E-state index in [9.17, 15) is 4.79 Å². The van der Waals surface area contributed by atoms with E-state index in [1.807, 2.05) is 0 Å². The van der Waals surface area contributed by atoms with Gasteiger partial charge >= 0.3 is 0 Å². The van der Waals surface area contributed by atoms with Crippen LogP contribution in [0.4, 0.5) is 0 Å². The minimum absolute atomic E-state index is 0.148. The van der Waals surface area contributed by atoms with E-state index < -0.39 is 0 Å². The number of carbonyl (C=O) groups excluding carboxylic acids is 1. The Kier molecular flexibility index (Phi) is 5.07. The van der Waals surface area contributed by atoms with Gasteiger partial charge in [-0.25, -0.2) is 0 Å². The molecule has 1 amide bonds. The molecule has 4 nitrogen and oxygen atoms in total. The maximum absolute atomic E-state index is 11.3. The summed E-state index contributed by atoms with van der Waals surface area (Å²) >= 11 is 0. The molecule has 0 spiro atoms. The molecule has 0 unspecified atom stereocenters. The van der Waals surface area contributed by atoms with E-state index in [1.54, 1.807) is 0 Å². The van der Waals surface area contributed by atoms with Gasteiger partial charge in [-0.05, 0) is 25.4 Å². The molecule has 0 aromatic rings. The fraction of sp³-hybridized carbons (Fsp3) is 0.700. The lowest BCUT2D eigenvalue weighted by molar-refractivity contribution is -0.122. The fourth-order valence-electron chi connectivity index (χ4n) is 1.29. The largest absolute Gasteiger partial charge is 0.502 e. The zero-order valence-corrected chi connectivity index (χ0v) is 8.42. The quantitative estimate of drug-likeness (QED) is 0.456. The van der Waals surface area contributed by atoms with E-state index in [4.69, 9.17) is 4.74 Å². The molecule has 0 atom stereocenters. The zero-order valence-electron chi connectivity index (χ0n) is 8.42. The van der Waals surface area contributed by atoms with Gasteiger partial charge in [-0.2, -0.15) is 0 Å². The molecule has 0 aromatic carbocycles. The molecule has 1 aliphatic heterocycles. The number of amides is 1. The highest BCUT2D eigenvalue weighted by atomic mass is 16.5. The first kappa shape index (κ1) is 11.0. The highest BCUT2D eigenvalue weighted by Gasteiger charge is 2.19. The minimum atomic E-state index is 0.148. The molecule has 0 aromatic heterocycles. The van der Waals surface area contributed by atoms with Gasteiger partial charge in [0.05, 0.1) is 12.9 Å². The highest BCUT2D eigenvalue weighted by Crippen LogP contribution is 2.07. The highest BCUT2D eigenvalue weighted by molar-refractivity contribution is 5.76. The summed E-state index contributed by atoms with van der Waals surface area (Å²) in [4.78, 5) is 11.3. The van der Waals surface area contributed by atoms with Crippen LogP contribution in [0.25, 0.3) is 0 Å². The van der Waals surface area contributed by atoms with Crippen molar-refractivity contribution in [2.75, 3.05) is 26.2 Å². The number of hydrogen-bond donors (Lipinski definition) is 2. The van der Waals surface area contributed by atoms with Gasteiger partial charge in [-0.1, -0.05) is 6.58 Å². The molecular formula is C10H18N2O2. The van der Waals surface area contributed by atoms with Crippen LogP contribution in [0.1, 0.15) is 12.8 Å². The van der Waals surface area contributed by atoms with Gasteiger partial charge < -0.3 is 15.4 Å². The summed E-state index contributed by atoms with van der Waals surface area (Å²) in [5.41, 5.74) is 0. The van der Waals surface area contributed by atoms with Gasteiger partial charge in [0.2, 0.25) is 5.91 Å². The SMILES string of the molecule is C=COCCCNC(=O)CC1CNC1. The van der Waals surface area contributed by atoms with Gasteiger partial charge in [-0.15, -0.1) is 0 Å². The topological polar surface area (TPSA) is 50.4 Å². The van der Waals surface area contributed by atoms with Crippen LogP contribution in [0.2, 0.25) is 0 Å². The van der Waals surface area contributed by atoms with Crippen molar-refractivity contribution < 1.29 is 9.53 Å². The van der Waals surface area contributed by atoms with E-state index in [2.05, 4.69) is 17.2 Å². The molecule has 4 heteroatoms. The van der Waals surface area contributed by atoms with E-state index in [-0.39, 0.29) is 5.91 Å². The molecule has 0 saturated carbocycles. The van der Waals surface area contributed by atoms with Crippen LogP contribution in [-0.2, 0) is 9.53 Å². The van der Waals surface area contributed by atoms with Crippen molar-refractivity contribution in [2.24, 2.45) is 5.92 Å². The lowest BCUT2D eigenvalue weighted by atomic mass is 9.99. The molecule has 0 bridgehead atoms. The van der Waals surface area contributed by atoms with Crippen molar-refractivity contribution in [3.8, 4) is 0 Å². The molecule has 14 heavy (non-hydrogen) atoms. The third kappa shape index (κ3) is 4.28. The molecule has 1 heterocycles. The van der Waals surface area contributed by atoms with Gasteiger partial charge in [0, 0.05) is 13.0 Å². The van der Waals surface area contributed by atoms with Crippen LogP contribution < -0.4 is 10.6 Å². The Morgan fingerprint density at radius 2 is 2.43 bits per heavy atom. The minimum Gasteiger partial charge on any atom is -0.502 e.